The van der Waals surface area contributed by atoms with Crippen LogP contribution in [0.4, 0.5) is 0 Å². The SMILES string of the molecule is C=CCON=C(Cn1cncn1)c1ccc(Br)cc1. The second kappa shape index (κ2) is 6.84. The largest absolute Gasteiger partial charge is 0.391 e. The summed E-state index contributed by atoms with van der Waals surface area (Å²) in [5, 5.41) is 8.20. The molecule has 0 atom stereocenters. The Morgan fingerprint density at radius 2 is 2.21 bits per heavy atom. The van der Waals surface area contributed by atoms with Gasteiger partial charge in [-0.05, 0) is 12.1 Å². The van der Waals surface area contributed by atoms with Gasteiger partial charge in [-0.3, -0.25) is 0 Å². The zero-order valence-corrected chi connectivity index (χ0v) is 11.8. The van der Waals surface area contributed by atoms with Crippen LogP contribution in [0.5, 0.6) is 0 Å². The van der Waals surface area contributed by atoms with Crippen molar-refractivity contribution < 1.29 is 4.84 Å². The highest BCUT2D eigenvalue weighted by molar-refractivity contribution is 9.10. The van der Waals surface area contributed by atoms with Gasteiger partial charge in [0.25, 0.3) is 0 Å². The second-order valence-corrected chi connectivity index (χ2v) is 4.64. The van der Waals surface area contributed by atoms with E-state index in [4.69, 9.17) is 4.84 Å². The first kappa shape index (κ1) is 13.5. The summed E-state index contributed by atoms with van der Waals surface area (Å²) in [6.45, 7) is 4.46. The third-order valence-corrected chi connectivity index (χ3v) is 2.85. The van der Waals surface area contributed by atoms with Gasteiger partial charge < -0.3 is 4.84 Å². The predicted molar refractivity (Wildman–Crippen MR) is 76.9 cm³/mol. The predicted octanol–water partition coefficient (Wildman–Crippen LogP) is 2.65. The molecule has 1 heterocycles. The average molecular weight is 321 g/mol. The summed E-state index contributed by atoms with van der Waals surface area (Å²) in [4.78, 5) is 9.09. The summed E-state index contributed by atoms with van der Waals surface area (Å²) in [6.07, 6.45) is 4.78. The van der Waals surface area contributed by atoms with Crippen LogP contribution in [0, 0.1) is 0 Å². The van der Waals surface area contributed by atoms with Crippen LogP contribution in [-0.4, -0.2) is 27.1 Å². The van der Waals surface area contributed by atoms with E-state index in [9.17, 15) is 0 Å². The number of oxime groups is 1. The Bertz CT molecular complexity index is 549. The summed E-state index contributed by atoms with van der Waals surface area (Å²) in [6, 6.07) is 7.85. The lowest BCUT2D eigenvalue weighted by molar-refractivity contribution is 0.174. The molecule has 0 radical (unpaired) electrons. The monoisotopic (exact) mass is 320 g/mol. The minimum atomic E-state index is 0.372. The molecule has 2 rings (SSSR count). The lowest BCUT2D eigenvalue weighted by Crippen LogP contribution is -2.13. The molecule has 0 aliphatic heterocycles. The molecule has 0 aliphatic rings. The maximum atomic E-state index is 5.18. The van der Waals surface area contributed by atoms with Gasteiger partial charge in [-0.15, -0.1) is 0 Å². The highest BCUT2D eigenvalue weighted by Gasteiger charge is 2.06. The molecular formula is C13H13BrN4O. The van der Waals surface area contributed by atoms with Crippen molar-refractivity contribution in [1.29, 1.82) is 0 Å². The Morgan fingerprint density at radius 1 is 1.42 bits per heavy atom. The molecule has 2 aromatic rings. The molecule has 0 fully saturated rings. The van der Waals surface area contributed by atoms with Gasteiger partial charge in [0, 0.05) is 10.0 Å². The number of hydrogen-bond acceptors (Lipinski definition) is 4. The Balaban J connectivity index is 2.20. The molecule has 0 amide bonds. The van der Waals surface area contributed by atoms with Crippen LogP contribution in [0.2, 0.25) is 0 Å². The van der Waals surface area contributed by atoms with Crippen molar-refractivity contribution in [3.63, 3.8) is 0 Å². The molecule has 0 N–H and O–H groups in total. The molecular weight excluding hydrogens is 308 g/mol. The smallest absolute Gasteiger partial charge is 0.137 e. The summed E-state index contributed by atoms with van der Waals surface area (Å²) in [5.74, 6) is 0. The van der Waals surface area contributed by atoms with E-state index in [1.54, 1.807) is 17.1 Å². The summed E-state index contributed by atoms with van der Waals surface area (Å²) in [5.41, 5.74) is 1.75. The van der Waals surface area contributed by atoms with Crippen LogP contribution >= 0.6 is 15.9 Å². The fourth-order valence-electron chi connectivity index (χ4n) is 1.45. The molecule has 0 saturated carbocycles. The van der Waals surface area contributed by atoms with Gasteiger partial charge in [-0.25, -0.2) is 9.67 Å². The summed E-state index contributed by atoms with van der Waals surface area (Å²) < 4.78 is 2.71. The van der Waals surface area contributed by atoms with Crippen molar-refractivity contribution in [2.75, 3.05) is 6.61 Å². The number of nitrogens with zero attached hydrogens (tertiary/aromatic N) is 4. The minimum Gasteiger partial charge on any atom is -0.391 e. The molecule has 5 nitrogen and oxygen atoms in total. The van der Waals surface area contributed by atoms with Gasteiger partial charge in [0.1, 0.15) is 25.0 Å². The average Bonchev–Trinajstić information content (AvgIpc) is 2.92. The Morgan fingerprint density at radius 3 is 2.84 bits per heavy atom. The topological polar surface area (TPSA) is 52.3 Å². The molecule has 0 aliphatic carbocycles. The molecule has 6 heteroatoms. The quantitative estimate of drug-likeness (QED) is 0.356. The molecule has 1 aromatic carbocycles. The molecule has 0 saturated heterocycles. The van der Waals surface area contributed by atoms with Crippen LogP contribution < -0.4 is 0 Å². The van der Waals surface area contributed by atoms with E-state index in [1.807, 2.05) is 24.3 Å². The van der Waals surface area contributed by atoms with E-state index in [1.165, 1.54) is 6.33 Å². The van der Waals surface area contributed by atoms with Gasteiger partial charge in [-0.2, -0.15) is 5.10 Å². The molecule has 0 unspecified atom stereocenters. The van der Waals surface area contributed by atoms with Crippen molar-refractivity contribution in [2.45, 2.75) is 6.54 Å². The molecule has 19 heavy (non-hydrogen) atoms. The maximum Gasteiger partial charge on any atom is 0.137 e. The normalized spacial score (nSPS) is 11.3. The highest BCUT2D eigenvalue weighted by Crippen LogP contribution is 2.12. The highest BCUT2D eigenvalue weighted by atomic mass is 79.9. The Kier molecular flexibility index (Phi) is 4.85. The lowest BCUT2D eigenvalue weighted by atomic mass is 10.1. The van der Waals surface area contributed by atoms with E-state index < -0.39 is 0 Å². The van der Waals surface area contributed by atoms with Crippen LogP contribution in [0.25, 0.3) is 0 Å². The van der Waals surface area contributed by atoms with Crippen LogP contribution in [0.1, 0.15) is 5.56 Å². The molecule has 0 spiro atoms. The van der Waals surface area contributed by atoms with Gasteiger partial charge in [0.15, 0.2) is 0 Å². The number of benzene rings is 1. The third kappa shape index (κ3) is 4.03. The fourth-order valence-corrected chi connectivity index (χ4v) is 1.72. The number of halogens is 1. The molecule has 98 valence electrons. The van der Waals surface area contributed by atoms with E-state index in [0.29, 0.717) is 13.2 Å². The second-order valence-electron chi connectivity index (χ2n) is 3.72. The van der Waals surface area contributed by atoms with Crippen LogP contribution in [0.3, 0.4) is 0 Å². The summed E-state index contributed by atoms with van der Waals surface area (Å²) >= 11 is 3.41. The van der Waals surface area contributed by atoms with E-state index in [0.717, 1.165) is 15.7 Å². The first-order chi connectivity index (χ1) is 9.29. The van der Waals surface area contributed by atoms with Crippen LogP contribution in [0.15, 0.2) is 59.2 Å². The van der Waals surface area contributed by atoms with Gasteiger partial charge in [-0.1, -0.05) is 45.9 Å². The van der Waals surface area contributed by atoms with Crippen molar-refractivity contribution in [3.05, 3.63) is 59.6 Å². The van der Waals surface area contributed by atoms with Crippen LogP contribution in [-0.2, 0) is 11.4 Å². The first-order valence-electron chi connectivity index (χ1n) is 5.67. The summed E-state index contributed by atoms with van der Waals surface area (Å²) in [7, 11) is 0. The third-order valence-electron chi connectivity index (χ3n) is 2.32. The van der Waals surface area contributed by atoms with E-state index in [-0.39, 0.29) is 0 Å². The molecule has 0 bridgehead atoms. The van der Waals surface area contributed by atoms with Crippen molar-refractivity contribution >= 4 is 21.6 Å². The number of hydrogen-bond donors (Lipinski definition) is 0. The minimum absolute atomic E-state index is 0.372. The van der Waals surface area contributed by atoms with Crippen molar-refractivity contribution in [3.8, 4) is 0 Å². The zero-order chi connectivity index (χ0) is 13.5. The standard InChI is InChI=1S/C13H13BrN4O/c1-2-7-19-17-13(8-18-10-15-9-16-18)11-3-5-12(14)6-4-11/h2-6,9-10H,1,7-8H2. The van der Waals surface area contributed by atoms with E-state index in [2.05, 4.69) is 37.7 Å². The van der Waals surface area contributed by atoms with Gasteiger partial charge in [0.2, 0.25) is 0 Å². The van der Waals surface area contributed by atoms with Gasteiger partial charge in [0.05, 0.1) is 6.54 Å². The Hall–Kier alpha value is -1.95. The zero-order valence-electron chi connectivity index (χ0n) is 10.2. The van der Waals surface area contributed by atoms with Gasteiger partial charge >= 0.3 is 0 Å². The number of aromatic nitrogens is 3. The van der Waals surface area contributed by atoms with E-state index >= 15 is 0 Å². The number of rotatable bonds is 6. The Labute approximate surface area is 119 Å². The lowest BCUT2D eigenvalue weighted by Gasteiger charge is -2.06. The first-order valence-corrected chi connectivity index (χ1v) is 6.47. The van der Waals surface area contributed by atoms with Crippen molar-refractivity contribution in [2.24, 2.45) is 5.16 Å². The fraction of sp³-hybridized carbons (Fsp3) is 0.154. The van der Waals surface area contributed by atoms with Crippen molar-refractivity contribution in [1.82, 2.24) is 14.8 Å². The molecule has 1 aromatic heterocycles. The maximum absolute atomic E-state index is 5.18.